The molecule has 1 heterocycles. The van der Waals surface area contributed by atoms with E-state index in [1.165, 1.54) is 12.1 Å². The molecule has 0 unspecified atom stereocenters. The van der Waals surface area contributed by atoms with Gasteiger partial charge in [0, 0.05) is 12.6 Å². The van der Waals surface area contributed by atoms with Crippen LogP contribution in [0.1, 0.15) is 26.4 Å². The highest BCUT2D eigenvalue weighted by Crippen LogP contribution is 2.16. The lowest BCUT2D eigenvalue weighted by Gasteiger charge is -2.12. The Bertz CT molecular complexity index is 1320. The first-order chi connectivity index (χ1) is 16.1. The van der Waals surface area contributed by atoms with E-state index in [2.05, 4.69) is 15.7 Å². The van der Waals surface area contributed by atoms with Crippen LogP contribution in [-0.4, -0.2) is 28.1 Å². The van der Waals surface area contributed by atoms with Gasteiger partial charge in [0.05, 0.1) is 16.9 Å². The summed E-state index contributed by atoms with van der Waals surface area (Å²) in [5, 5.41) is 9.81. The highest BCUT2D eigenvalue weighted by atomic mass is 16.2. The number of nitrogens with zero attached hydrogens (tertiary/aromatic N) is 2. The van der Waals surface area contributed by atoms with E-state index < -0.39 is 5.91 Å². The first-order valence-corrected chi connectivity index (χ1v) is 10.5. The Morgan fingerprint density at radius 3 is 2.18 bits per heavy atom. The summed E-state index contributed by atoms with van der Waals surface area (Å²) < 4.78 is 1.16. The van der Waals surface area contributed by atoms with E-state index >= 15 is 0 Å². The molecular formula is C26H22N4O3. The highest BCUT2D eigenvalue weighted by Gasteiger charge is 2.16. The standard InChI is InChI=1S/C26H22N4O3/c31-24-16-15-23(29-30(24)20-11-5-2-6-12-20)26(33)28-22-14-8-7-13-21(22)25(32)27-18-17-19-9-3-1-4-10-19/h1-16H,17-18H2,(H,27,32)(H,28,33). The third-order valence-corrected chi connectivity index (χ3v) is 5.00. The molecule has 0 saturated heterocycles. The maximum absolute atomic E-state index is 12.9. The third-order valence-electron chi connectivity index (χ3n) is 5.00. The molecule has 0 atom stereocenters. The van der Waals surface area contributed by atoms with Gasteiger partial charge in [0.2, 0.25) is 0 Å². The first-order valence-electron chi connectivity index (χ1n) is 10.5. The Hall–Kier alpha value is -4.52. The Balaban J connectivity index is 1.48. The number of aromatic nitrogens is 2. The van der Waals surface area contributed by atoms with Crippen LogP contribution >= 0.6 is 0 Å². The fourth-order valence-electron chi connectivity index (χ4n) is 3.32. The molecule has 0 fully saturated rings. The molecule has 4 rings (SSSR count). The van der Waals surface area contributed by atoms with E-state index in [9.17, 15) is 14.4 Å². The van der Waals surface area contributed by atoms with Gasteiger partial charge in [-0.2, -0.15) is 9.78 Å². The van der Waals surface area contributed by atoms with E-state index in [0.29, 0.717) is 29.9 Å². The molecule has 0 bridgehead atoms. The minimum Gasteiger partial charge on any atom is -0.352 e. The van der Waals surface area contributed by atoms with Gasteiger partial charge < -0.3 is 10.6 Å². The van der Waals surface area contributed by atoms with Crippen LogP contribution in [0.3, 0.4) is 0 Å². The third kappa shape index (κ3) is 5.40. The van der Waals surface area contributed by atoms with E-state index in [1.54, 1.807) is 48.5 Å². The summed E-state index contributed by atoms with van der Waals surface area (Å²) in [6.07, 6.45) is 0.700. The molecule has 4 aromatic rings. The monoisotopic (exact) mass is 438 g/mol. The smallest absolute Gasteiger partial charge is 0.276 e. The summed E-state index contributed by atoms with van der Waals surface area (Å²) in [7, 11) is 0. The fraction of sp³-hybridized carbons (Fsp3) is 0.0769. The number of benzene rings is 3. The maximum atomic E-state index is 12.9. The predicted octanol–water partition coefficient (Wildman–Crippen LogP) is 3.46. The number of hydrogen-bond donors (Lipinski definition) is 2. The molecule has 7 nitrogen and oxygen atoms in total. The van der Waals surface area contributed by atoms with Crippen molar-refractivity contribution in [3.05, 3.63) is 124 Å². The van der Waals surface area contributed by atoms with Crippen molar-refractivity contribution in [3.8, 4) is 5.69 Å². The molecule has 1 aromatic heterocycles. The number of anilines is 1. The minimum atomic E-state index is -0.524. The van der Waals surface area contributed by atoms with Crippen molar-refractivity contribution in [3.63, 3.8) is 0 Å². The van der Waals surface area contributed by atoms with Gasteiger partial charge in [0.15, 0.2) is 0 Å². The van der Waals surface area contributed by atoms with E-state index in [1.807, 2.05) is 36.4 Å². The van der Waals surface area contributed by atoms with Gasteiger partial charge in [-0.05, 0) is 42.3 Å². The van der Waals surface area contributed by atoms with Crippen LogP contribution < -0.4 is 16.2 Å². The van der Waals surface area contributed by atoms with Gasteiger partial charge in [-0.25, -0.2) is 0 Å². The van der Waals surface area contributed by atoms with Crippen molar-refractivity contribution in [2.45, 2.75) is 6.42 Å². The molecule has 0 spiro atoms. The number of amides is 2. The number of para-hydroxylation sites is 2. The predicted molar refractivity (Wildman–Crippen MR) is 127 cm³/mol. The molecule has 0 aliphatic rings. The second-order valence-corrected chi connectivity index (χ2v) is 7.30. The zero-order valence-corrected chi connectivity index (χ0v) is 17.8. The number of carbonyl (C=O) groups excluding carboxylic acids is 2. The van der Waals surface area contributed by atoms with E-state index in [4.69, 9.17) is 0 Å². The molecule has 0 saturated carbocycles. The summed E-state index contributed by atoms with van der Waals surface area (Å²) in [6, 6.07) is 28.1. The zero-order valence-electron chi connectivity index (χ0n) is 17.8. The molecule has 2 amide bonds. The Kier molecular flexibility index (Phi) is 6.70. The highest BCUT2D eigenvalue weighted by molar-refractivity contribution is 6.08. The number of hydrogen-bond acceptors (Lipinski definition) is 4. The van der Waals surface area contributed by atoms with Crippen molar-refractivity contribution in [2.24, 2.45) is 0 Å². The molecule has 3 aromatic carbocycles. The summed E-state index contributed by atoms with van der Waals surface area (Å²) in [4.78, 5) is 37.8. The Morgan fingerprint density at radius 1 is 0.758 bits per heavy atom. The lowest BCUT2D eigenvalue weighted by Crippen LogP contribution is -2.28. The van der Waals surface area contributed by atoms with Gasteiger partial charge >= 0.3 is 0 Å². The van der Waals surface area contributed by atoms with Gasteiger partial charge in [0.1, 0.15) is 5.69 Å². The largest absolute Gasteiger partial charge is 0.352 e. The molecular weight excluding hydrogens is 416 g/mol. The topological polar surface area (TPSA) is 93.1 Å². The molecule has 164 valence electrons. The van der Waals surface area contributed by atoms with Crippen molar-refractivity contribution >= 4 is 17.5 Å². The SMILES string of the molecule is O=C(Nc1ccccc1C(=O)NCCc1ccccc1)c1ccc(=O)n(-c2ccccc2)n1. The second-order valence-electron chi connectivity index (χ2n) is 7.30. The zero-order chi connectivity index (χ0) is 23.0. The quantitative estimate of drug-likeness (QED) is 0.462. The van der Waals surface area contributed by atoms with Gasteiger partial charge in [-0.3, -0.25) is 14.4 Å². The molecule has 2 N–H and O–H groups in total. The fourth-order valence-corrected chi connectivity index (χ4v) is 3.32. The summed E-state index contributed by atoms with van der Waals surface area (Å²) >= 11 is 0. The number of nitrogens with one attached hydrogen (secondary N) is 2. The van der Waals surface area contributed by atoms with Crippen LogP contribution in [-0.2, 0) is 6.42 Å². The second kappa shape index (κ2) is 10.2. The molecule has 7 heteroatoms. The average Bonchev–Trinajstić information content (AvgIpc) is 2.85. The molecule has 0 radical (unpaired) electrons. The maximum Gasteiger partial charge on any atom is 0.276 e. The summed E-state index contributed by atoms with van der Waals surface area (Å²) in [5.41, 5.74) is 2.08. The van der Waals surface area contributed by atoms with E-state index in [-0.39, 0.29) is 17.2 Å². The van der Waals surface area contributed by atoms with E-state index in [0.717, 1.165) is 10.2 Å². The number of rotatable bonds is 7. The molecule has 33 heavy (non-hydrogen) atoms. The minimum absolute atomic E-state index is 0.0535. The molecule has 0 aliphatic carbocycles. The van der Waals surface area contributed by atoms with Crippen molar-refractivity contribution in [1.82, 2.24) is 15.1 Å². The normalized spacial score (nSPS) is 10.4. The van der Waals surface area contributed by atoms with Gasteiger partial charge in [-0.15, -0.1) is 0 Å². The van der Waals surface area contributed by atoms with Crippen LogP contribution in [0.4, 0.5) is 5.69 Å². The summed E-state index contributed by atoms with van der Waals surface area (Å²) in [5.74, 6) is -0.812. The Labute approximate surface area is 190 Å². The number of carbonyl (C=O) groups is 2. The lowest BCUT2D eigenvalue weighted by atomic mass is 10.1. The van der Waals surface area contributed by atoms with Crippen LogP contribution in [0.5, 0.6) is 0 Å². The Morgan fingerprint density at radius 2 is 1.42 bits per heavy atom. The summed E-state index contributed by atoms with van der Waals surface area (Å²) in [6.45, 7) is 0.467. The van der Waals surface area contributed by atoms with Crippen LogP contribution in [0, 0.1) is 0 Å². The van der Waals surface area contributed by atoms with Crippen LogP contribution in [0.2, 0.25) is 0 Å². The van der Waals surface area contributed by atoms with Crippen molar-refractivity contribution < 1.29 is 9.59 Å². The van der Waals surface area contributed by atoms with Crippen LogP contribution in [0.15, 0.2) is 102 Å². The molecule has 0 aliphatic heterocycles. The van der Waals surface area contributed by atoms with Crippen molar-refractivity contribution in [2.75, 3.05) is 11.9 Å². The van der Waals surface area contributed by atoms with Gasteiger partial charge in [-0.1, -0.05) is 60.7 Å². The van der Waals surface area contributed by atoms with Crippen LogP contribution in [0.25, 0.3) is 5.69 Å². The lowest BCUT2D eigenvalue weighted by molar-refractivity contribution is 0.0955. The average molecular weight is 438 g/mol. The van der Waals surface area contributed by atoms with Crippen molar-refractivity contribution in [1.29, 1.82) is 0 Å². The first kappa shape index (κ1) is 21.7. The van der Waals surface area contributed by atoms with Gasteiger partial charge in [0.25, 0.3) is 17.4 Å².